The molecule has 29 heavy (non-hydrogen) atoms. The summed E-state index contributed by atoms with van der Waals surface area (Å²) >= 11 is 0. The van der Waals surface area contributed by atoms with Gasteiger partial charge in [0.2, 0.25) is 0 Å². The lowest BCUT2D eigenvalue weighted by Crippen LogP contribution is -2.40. The molecule has 1 amide bonds. The maximum atomic E-state index is 13.0. The molecule has 0 spiro atoms. The summed E-state index contributed by atoms with van der Waals surface area (Å²) in [5, 5.41) is 1.28. The van der Waals surface area contributed by atoms with E-state index in [-0.39, 0.29) is 17.6 Å². The second-order valence-electron chi connectivity index (χ2n) is 8.53. The van der Waals surface area contributed by atoms with E-state index in [2.05, 4.69) is 48.9 Å². The lowest BCUT2D eigenvalue weighted by molar-refractivity contribution is 0.0771. The quantitative estimate of drug-likeness (QED) is 0.594. The van der Waals surface area contributed by atoms with Gasteiger partial charge in [-0.1, -0.05) is 55.5 Å². The summed E-state index contributed by atoms with van der Waals surface area (Å²) in [5.74, 6) is 0.386. The fourth-order valence-electron chi connectivity index (χ4n) is 5.66. The Hall–Kier alpha value is -2.75. The zero-order valence-electron chi connectivity index (χ0n) is 17.2. The number of ether oxygens (including phenoxy) is 1. The average molecular weight is 389 g/mol. The van der Waals surface area contributed by atoms with Gasteiger partial charge >= 0.3 is 6.09 Å². The highest BCUT2D eigenvalue weighted by Crippen LogP contribution is 2.68. The highest BCUT2D eigenvalue weighted by molar-refractivity contribution is 5.82. The predicted octanol–water partition coefficient (Wildman–Crippen LogP) is 5.47. The van der Waals surface area contributed by atoms with Crippen LogP contribution in [0.4, 0.5) is 4.79 Å². The van der Waals surface area contributed by atoms with E-state index in [0.29, 0.717) is 12.5 Å². The number of likely N-dealkylation sites (tertiary alicyclic amines) is 1. The minimum atomic E-state index is -0.169. The first-order valence-corrected chi connectivity index (χ1v) is 10.7. The maximum absolute atomic E-state index is 13.0. The van der Waals surface area contributed by atoms with Crippen molar-refractivity contribution in [2.45, 2.75) is 44.8 Å². The molecule has 0 N–H and O–H groups in total. The van der Waals surface area contributed by atoms with Crippen LogP contribution in [0.25, 0.3) is 10.9 Å². The lowest BCUT2D eigenvalue weighted by Gasteiger charge is -2.30. The van der Waals surface area contributed by atoms with Crippen molar-refractivity contribution in [1.29, 1.82) is 0 Å². The minimum absolute atomic E-state index is 0.169. The Labute approximate surface area is 172 Å². The van der Waals surface area contributed by atoms with E-state index in [0.717, 1.165) is 24.9 Å². The molecule has 4 nitrogen and oxygen atoms in total. The maximum Gasteiger partial charge on any atom is 0.410 e. The first-order valence-electron chi connectivity index (χ1n) is 10.7. The molecule has 1 saturated carbocycles. The van der Waals surface area contributed by atoms with E-state index in [1.54, 1.807) is 0 Å². The van der Waals surface area contributed by atoms with Gasteiger partial charge in [-0.2, -0.15) is 0 Å². The van der Waals surface area contributed by atoms with Gasteiger partial charge in [0.15, 0.2) is 0 Å². The number of nitrogens with zero attached hydrogens (tertiary/aromatic N) is 2. The monoisotopic (exact) mass is 388 g/mol. The number of benzene rings is 2. The first kappa shape index (κ1) is 18.3. The molecule has 3 atom stereocenters. The van der Waals surface area contributed by atoms with Gasteiger partial charge in [-0.3, -0.25) is 0 Å². The average Bonchev–Trinajstić information content (AvgIpc) is 3.34. The molecule has 2 fully saturated rings. The molecule has 1 aliphatic heterocycles. The Balaban J connectivity index is 1.41. The van der Waals surface area contributed by atoms with E-state index in [9.17, 15) is 4.79 Å². The van der Waals surface area contributed by atoms with Crippen molar-refractivity contribution in [3.63, 3.8) is 0 Å². The molecule has 2 heterocycles. The molecule has 150 valence electrons. The lowest BCUT2D eigenvalue weighted by atomic mass is 9.90. The zero-order chi connectivity index (χ0) is 20.0. The summed E-state index contributed by atoms with van der Waals surface area (Å²) in [6.07, 6.45) is 3.15. The van der Waals surface area contributed by atoms with E-state index in [4.69, 9.17) is 4.74 Å². The Bertz CT molecular complexity index is 1040. The highest BCUT2D eigenvalue weighted by atomic mass is 16.6. The van der Waals surface area contributed by atoms with Crippen LogP contribution in [0.2, 0.25) is 0 Å². The molecule has 3 aromatic rings. The SMILES string of the molecule is CC[C@]12CCCN(C(=O)OCc3ccccc3)[C@H]1[C@@H]2c1cc2ccccc2n1C. The van der Waals surface area contributed by atoms with Crippen LogP contribution in [0.15, 0.2) is 60.7 Å². The van der Waals surface area contributed by atoms with Crippen LogP contribution in [-0.4, -0.2) is 28.1 Å². The van der Waals surface area contributed by atoms with Crippen LogP contribution in [-0.2, 0) is 18.4 Å². The van der Waals surface area contributed by atoms with Crippen molar-refractivity contribution in [3.05, 3.63) is 71.9 Å². The fraction of sp³-hybridized carbons (Fsp3) is 0.400. The van der Waals surface area contributed by atoms with E-state index in [1.165, 1.54) is 23.0 Å². The summed E-state index contributed by atoms with van der Waals surface area (Å²) in [7, 11) is 2.16. The molecule has 1 aromatic heterocycles. The third-order valence-corrected chi connectivity index (χ3v) is 7.20. The van der Waals surface area contributed by atoms with Gasteiger partial charge in [0, 0.05) is 36.1 Å². The summed E-state index contributed by atoms with van der Waals surface area (Å²) < 4.78 is 8.03. The number of aromatic nitrogens is 1. The number of rotatable bonds is 4. The van der Waals surface area contributed by atoms with Crippen molar-refractivity contribution in [2.75, 3.05) is 6.54 Å². The smallest absolute Gasteiger partial charge is 0.410 e. The molecule has 0 bridgehead atoms. The van der Waals surface area contributed by atoms with Gasteiger partial charge in [-0.25, -0.2) is 4.79 Å². The van der Waals surface area contributed by atoms with Gasteiger partial charge in [-0.05, 0) is 42.3 Å². The fourth-order valence-corrected chi connectivity index (χ4v) is 5.66. The largest absolute Gasteiger partial charge is 0.445 e. The summed E-state index contributed by atoms with van der Waals surface area (Å²) in [6.45, 7) is 3.40. The number of aryl methyl sites for hydroxylation is 1. The van der Waals surface area contributed by atoms with Crippen LogP contribution in [0, 0.1) is 5.41 Å². The van der Waals surface area contributed by atoms with Crippen LogP contribution in [0.1, 0.15) is 43.4 Å². The van der Waals surface area contributed by atoms with Crippen molar-refractivity contribution < 1.29 is 9.53 Å². The first-order chi connectivity index (χ1) is 14.2. The highest BCUT2D eigenvalue weighted by Gasteiger charge is 2.69. The van der Waals surface area contributed by atoms with E-state index >= 15 is 0 Å². The number of fused-ring (bicyclic) bond motifs is 2. The standard InChI is InChI=1S/C25H28N2O2/c1-3-25-14-9-15-27(24(28)29-17-18-10-5-4-6-11-18)23(25)22(25)21-16-19-12-7-8-13-20(19)26(21)2/h4-8,10-13,16,22-23H,3,9,14-15,17H2,1-2H3/t22-,23-,25+/m0/s1. The van der Waals surface area contributed by atoms with Crippen molar-refractivity contribution >= 4 is 17.0 Å². The van der Waals surface area contributed by atoms with E-state index < -0.39 is 0 Å². The normalized spacial score (nSPS) is 25.7. The third kappa shape index (κ3) is 2.85. The number of amides is 1. The number of hydrogen-bond donors (Lipinski definition) is 0. The summed E-state index contributed by atoms with van der Waals surface area (Å²) in [6, 6.07) is 21.0. The second-order valence-corrected chi connectivity index (χ2v) is 8.53. The van der Waals surface area contributed by atoms with Gasteiger partial charge in [0.25, 0.3) is 0 Å². The van der Waals surface area contributed by atoms with Crippen LogP contribution < -0.4 is 0 Å². The van der Waals surface area contributed by atoms with Crippen molar-refractivity contribution in [1.82, 2.24) is 9.47 Å². The van der Waals surface area contributed by atoms with Gasteiger partial charge < -0.3 is 14.2 Å². The molecule has 1 aliphatic carbocycles. The molecule has 0 radical (unpaired) electrons. The van der Waals surface area contributed by atoms with Crippen LogP contribution in [0.5, 0.6) is 0 Å². The molecule has 2 aromatic carbocycles. The molecule has 0 unspecified atom stereocenters. The van der Waals surface area contributed by atoms with Gasteiger partial charge in [-0.15, -0.1) is 0 Å². The molecule has 2 aliphatic rings. The number of para-hydroxylation sites is 1. The predicted molar refractivity (Wildman–Crippen MR) is 115 cm³/mol. The molecule has 5 rings (SSSR count). The van der Waals surface area contributed by atoms with Gasteiger partial charge in [0.1, 0.15) is 6.61 Å². The Kier molecular flexibility index (Phi) is 4.38. The van der Waals surface area contributed by atoms with Crippen molar-refractivity contribution in [2.24, 2.45) is 12.5 Å². The number of hydrogen-bond acceptors (Lipinski definition) is 2. The third-order valence-electron chi connectivity index (χ3n) is 7.20. The Morgan fingerprint density at radius 1 is 1.14 bits per heavy atom. The van der Waals surface area contributed by atoms with Crippen molar-refractivity contribution in [3.8, 4) is 0 Å². The molecule has 4 heteroatoms. The van der Waals surface area contributed by atoms with Crippen LogP contribution >= 0.6 is 0 Å². The number of carbonyl (C=O) groups is 1. The Morgan fingerprint density at radius 2 is 1.90 bits per heavy atom. The Morgan fingerprint density at radius 3 is 2.66 bits per heavy atom. The van der Waals surface area contributed by atoms with E-state index in [1.807, 2.05) is 35.2 Å². The number of piperidine rings is 1. The zero-order valence-corrected chi connectivity index (χ0v) is 17.2. The topological polar surface area (TPSA) is 34.5 Å². The minimum Gasteiger partial charge on any atom is -0.445 e. The second kappa shape index (κ2) is 6.94. The molecule has 1 saturated heterocycles. The molecular weight excluding hydrogens is 360 g/mol. The van der Waals surface area contributed by atoms with Crippen LogP contribution in [0.3, 0.4) is 0 Å². The molecular formula is C25H28N2O2. The summed E-state index contributed by atoms with van der Waals surface area (Å²) in [5.41, 5.74) is 3.82. The number of carbonyl (C=O) groups excluding carboxylic acids is 1. The van der Waals surface area contributed by atoms with Gasteiger partial charge in [0.05, 0.1) is 6.04 Å². The summed E-state index contributed by atoms with van der Waals surface area (Å²) in [4.78, 5) is 15.0.